The van der Waals surface area contributed by atoms with E-state index in [1.54, 1.807) is 4.90 Å². The van der Waals surface area contributed by atoms with E-state index >= 15 is 0 Å². The lowest BCUT2D eigenvalue weighted by Crippen LogP contribution is -2.45. The van der Waals surface area contributed by atoms with E-state index in [1.165, 1.54) is 16.5 Å². The summed E-state index contributed by atoms with van der Waals surface area (Å²) in [7, 11) is 0. The van der Waals surface area contributed by atoms with E-state index in [1.807, 2.05) is 11.6 Å². The van der Waals surface area contributed by atoms with Crippen molar-refractivity contribution in [2.45, 2.75) is 45.1 Å². The van der Waals surface area contributed by atoms with Crippen molar-refractivity contribution in [2.75, 3.05) is 19.6 Å². The van der Waals surface area contributed by atoms with Gasteiger partial charge < -0.3 is 10.0 Å². The number of carbonyl (C=O) groups excluding carboxylic acids is 1. The highest BCUT2D eigenvalue weighted by Crippen LogP contribution is 2.40. The summed E-state index contributed by atoms with van der Waals surface area (Å²) in [6, 6.07) is 7.98. The van der Waals surface area contributed by atoms with Crippen molar-refractivity contribution in [1.29, 1.82) is 0 Å². The maximum Gasteiger partial charge on any atom is 0.407 e. The maximum absolute atomic E-state index is 12.4. The van der Waals surface area contributed by atoms with Gasteiger partial charge in [-0.1, -0.05) is 39.5 Å². The fourth-order valence-corrected chi connectivity index (χ4v) is 4.63. The minimum Gasteiger partial charge on any atom is -0.465 e. The van der Waals surface area contributed by atoms with Crippen molar-refractivity contribution in [3.63, 3.8) is 0 Å². The van der Waals surface area contributed by atoms with Gasteiger partial charge in [-0.2, -0.15) is 5.10 Å². The van der Waals surface area contributed by atoms with Crippen molar-refractivity contribution in [3.05, 3.63) is 59.4 Å². The molecule has 0 aliphatic carbocycles. The molecule has 2 aliphatic heterocycles. The van der Waals surface area contributed by atoms with Crippen LogP contribution in [0.5, 0.6) is 0 Å². The van der Waals surface area contributed by atoms with Gasteiger partial charge in [0.1, 0.15) is 0 Å². The van der Waals surface area contributed by atoms with Gasteiger partial charge in [0.15, 0.2) is 0 Å². The molecule has 0 spiro atoms. The monoisotopic (exact) mass is 408 g/mol. The predicted octanol–water partition coefficient (Wildman–Crippen LogP) is 3.70. The summed E-state index contributed by atoms with van der Waals surface area (Å²) in [5, 5.41) is 14.7. The number of rotatable bonds is 3. The Kier molecular flexibility index (Phi) is 5.13. The van der Waals surface area contributed by atoms with Crippen LogP contribution in [0.15, 0.2) is 36.9 Å². The molecule has 1 unspecified atom stereocenters. The van der Waals surface area contributed by atoms with Gasteiger partial charge in [0.25, 0.3) is 0 Å². The molecule has 0 saturated carbocycles. The highest BCUT2D eigenvalue weighted by molar-refractivity contribution is 5.87. The number of carbonyl (C=O) groups is 2. The Morgan fingerprint density at radius 3 is 2.53 bits per heavy atom. The third-order valence-electron chi connectivity index (χ3n) is 6.24. The van der Waals surface area contributed by atoms with Crippen LogP contribution in [0.3, 0.4) is 0 Å². The summed E-state index contributed by atoms with van der Waals surface area (Å²) in [6.45, 7) is 11.2. The predicted molar refractivity (Wildman–Crippen MR) is 114 cm³/mol. The largest absolute Gasteiger partial charge is 0.465 e. The van der Waals surface area contributed by atoms with E-state index in [9.17, 15) is 14.7 Å². The van der Waals surface area contributed by atoms with Gasteiger partial charge in [0.05, 0.1) is 23.1 Å². The van der Waals surface area contributed by atoms with E-state index < -0.39 is 12.1 Å². The third kappa shape index (κ3) is 3.28. The van der Waals surface area contributed by atoms with Gasteiger partial charge in [-0.05, 0) is 29.7 Å². The van der Waals surface area contributed by atoms with Crippen LogP contribution in [0.1, 0.15) is 61.2 Å². The van der Waals surface area contributed by atoms with E-state index in [2.05, 4.69) is 44.7 Å². The Balaban J connectivity index is 1.82. The van der Waals surface area contributed by atoms with Crippen LogP contribution in [0.4, 0.5) is 4.79 Å². The van der Waals surface area contributed by atoms with Gasteiger partial charge in [-0.3, -0.25) is 9.69 Å². The minimum absolute atomic E-state index is 0.00224. The topological polar surface area (TPSA) is 78.7 Å². The molecule has 0 fully saturated rings. The molecule has 30 heavy (non-hydrogen) atoms. The van der Waals surface area contributed by atoms with Crippen molar-refractivity contribution >= 4 is 12.0 Å². The van der Waals surface area contributed by atoms with Gasteiger partial charge in [0.2, 0.25) is 5.91 Å². The molecule has 1 aromatic heterocycles. The molecule has 1 aromatic carbocycles. The fourth-order valence-electron chi connectivity index (χ4n) is 4.63. The second-order valence-corrected chi connectivity index (χ2v) is 8.49. The average molecular weight is 409 g/mol. The van der Waals surface area contributed by atoms with Crippen LogP contribution >= 0.6 is 0 Å². The molecule has 4 rings (SSSR count). The number of hydrogen-bond donors (Lipinski definition) is 1. The van der Waals surface area contributed by atoms with Gasteiger partial charge in [-0.15, -0.1) is 0 Å². The van der Waals surface area contributed by atoms with Crippen LogP contribution in [-0.2, 0) is 11.2 Å². The molecule has 7 heteroatoms. The van der Waals surface area contributed by atoms with Crippen LogP contribution < -0.4 is 0 Å². The minimum atomic E-state index is -0.966. The van der Waals surface area contributed by atoms with Crippen molar-refractivity contribution in [1.82, 2.24) is 19.6 Å². The first-order valence-electron chi connectivity index (χ1n) is 10.4. The quantitative estimate of drug-likeness (QED) is 0.786. The molecule has 158 valence electrons. The molecule has 7 nitrogen and oxygen atoms in total. The van der Waals surface area contributed by atoms with Gasteiger partial charge in [0, 0.05) is 37.5 Å². The molecule has 3 heterocycles. The number of carboxylic acid groups (broad SMARTS) is 1. The number of aromatic nitrogens is 2. The first-order chi connectivity index (χ1) is 14.3. The lowest BCUT2D eigenvalue weighted by molar-refractivity contribution is -0.127. The SMILES string of the molecule is C=CC(=O)N1CC(C)c2nn(-c3ccc(C(C)C)cc3)c3c2[C@@H](C1)N(C(=O)O)CC3. The average Bonchev–Trinajstić information content (AvgIpc) is 3.05. The molecule has 2 aliphatic rings. The summed E-state index contributed by atoms with van der Waals surface area (Å²) >= 11 is 0. The zero-order valence-corrected chi connectivity index (χ0v) is 17.7. The number of amides is 2. The van der Waals surface area contributed by atoms with Gasteiger partial charge >= 0.3 is 6.09 Å². The smallest absolute Gasteiger partial charge is 0.407 e. The molecule has 1 N–H and O–H groups in total. The summed E-state index contributed by atoms with van der Waals surface area (Å²) < 4.78 is 1.97. The second-order valence-electron chi connectivity index (χ2n) is 8.49. The first-order valence-corrected chi connectivity index (χ1v) is 10.4. The summed E-state index contributed by atoms with van der Waals surface area (Å²) in [4.78, 5) is 27.5. The normalized spacial score (nSPS) is 20.7. The van der Waals surface area contributed by atoms with E-state index in [4.69, 9.17) is 5.10 Å². The fraction of sp³-hybridized carbons (Fsp3) is 0.435. The number of nitrogens with zero attached hydrogens (tertiary/aromatic N) is 4. The molecule has 0 radical (unpaired) electrons. The van der Waals surface area contributed by atoms with E-state index in [0.717, 1.165) is 22.6 Å². The number of hydrogen-bond acceptors (Lipinski definition) is 3. The van der Waals surface area contributed by atoms with Crippen molar-refractivity contribution in [3.8, 4) is 5.69 Å². The van der Waals surface area contributed by atoms with Crippen LogP contribution in [0.2, 0.25) is 0 Å². The first kappa shape index (κ1) is 20.2. The maximum atomic E-state index is 12.4. The standard InChI is InChI=1S/C23H28N4O3/c1-5-20(28)25-12-15(4)22-21-18(10-11-26(23(29)30)19(21)13-25)27(24-22)17-8-6-16(7-9-17)14(2)3/h5-9,14-15,19H,1,10-13H2,2-4H3,(H,29,30)/t15?,19-/m1/s1. The Bertz CT molecular complexity index is 993. The lowest BCUT2D eigenvalue weighted by Gasteiger charge is -2.35. The van der Waals surface area contributed by atoms with Crippen molar-refractivity contribution in [2.24, 2.45) is 0 Å². The van der Waals surface area contributed by atoms with Crippen molar-refractivity contribution < 1.29 is 14.7 Å². The molecule has 2 aromatic rings. The summed E-state index contributed by atoms with van der Waals surface area (Å²) in [5.74, 6) is 0.271. The van der Waals surface area contributed by atoms with E-state index in [-0.39, 0.29) is 11.8 Å². The summed E-state index contributed by atoms with van der Waals surface area (Å²) in [6.07, 6.45) is 0.923. The highest BCUT2D eigenvalue weighted by atomic mass is 16.4. The summed E-state index contributed by atoms with van der Waals surface area (Å²) in [5.41, 5.74) is 5.14. The molecule has 2 amide bonds. The molecule has 2 atom stereocenters. The molecular formula is C23H28N4O3. The Labute approximate surface area is 176 Å². The van der Waals surface area contributed by atoms with Crippen LogP contribution in [0.25, 0.3) is 5.69 Å². The van der Waals surface area contributed by atoms with E-state index in [0.29, 0.717) is 32.0 Å². The highest BCUT2D eigenvalue weighted by Gasteiger charge is 2.41. The Morgan fingerprint density at radius 2 is 1.93 bits per heavy atom. The van der Waals surface area contributed by atoms with Crippen LogP contribution in [0, 0.1) is 0 Å². The zero-order chi connectivity index (χ0) is 21.6. The Hall–Kier alpha value is -3.09. The second kappa shape index (κ2) is 7.63. The number of benzene rings is 1. The third-order valence-corrected chi connectivity index (χ3v) is 6.24. The zero-order valence-electron chi connectivity index (χ0n) is 17.7. The lowest BCUT2D eigenvalue weighted by atomic mass is 9.93. The van der Waals surface area contributed by atoms with Crippen LogP contribution in [-0.4, -0.2) is 56.3 Å². The van der Waals surface area contributed by atoms with Gasteiger partial charge in [-0.25, -0.2) is 9.48 Å². The Morgan fingerprint density at radius 1 is 1.23 bits per heavy atom. The molecule has 0 bridgehead atoms. The molecular weight excluding hydrogens is 380 g/mol. The molecule has 0 saturated heterocycles.